The Morgan fingerprint density at radius 1 is 1.44 bits per heavy atom. The fraction of sp³-hybridized carbons (Fsp3) is 0.385. The molecule has 0 bridgehead atoms. The van der Waals surface area contributed by atoms with E-state index in [0.717, 1.165) is 22.9 Å². The maximum absolute atomic E-state index is 5.15. The van der Waals surface area contributed by atoms with Crippen molar-refractivity contribution in [2.75, 3.05) is 6.54 Å². The van der Waals surface area contributed by atoms with Crippen molar-refractivity contribution in [3.8, 4) is 0 Å². The van der Waals surface area contributed by atoms with Gasteiger partial charge in [0.25, 0.3) is 0 Å². The second-order valence-electron chi connectivity index (χ2n) is 4.89. The van der Waals surface area contributed by atoms with Crippen molar-refractivity contribution in [1.82, 2.24) is 20.2 Å². The van der Waals surface area contributed by atoms with Gasteiger partial charge in [-0.15, -0.1) is 0 Å². The summed E-state index contributed by atoms with van der Waals surface area (Å²) in [5.74, 6) is 0.399. The molecular weight excluding hydrogens is 244 g/mol. The molecule has 3 rings (SSSR count). The average molecular weight is 260 g/mol. The molecule has 2 aromatic rings. The molecule has 0 amide bonds. The van der Waals surface area contributed by atoms with Crippen LogP contribution in [-0.4, -0.2) is 21.3 Å². The van der Waals surface area contributed by atoms with Gasteiger partial charge >= 0.3 is 0 Å². The fourth-order valence-corrected chi connectivity index (χ4v) is 2.67. The Hall–Kier alpha value is -1.62. The summed E-state index contributed by atoms with van der Waals surface area (Å²) >= 11 is 5.15. The van der Waals surface area contributed by atoms with E-state index in [4.69, 9.17) is 12.2 Å². The van der Waals surface area contributed by atoms with Gasteiger partial charge in [-0.25, -0.2) is 4.52 Å². The van der Waals surface area contributed by atoms with E-state index in [2.05, 4.69) is 35.6 Å². The Morgan fingerprint density at radius 2 is 2.28 bits per heavy atom. The van der Waals surface area contributed by atoms with Crippen LogP contribution in [-0.2, 0) is 0 Å². The van der Waals surface area contributed by atoms with E-state index >= 15 is 0 Å². The standard InChI is InChI=1S/C13H16N4S/c1-8(2)12-11(9-7-14-13(18)15-9)10-5-3-4-6-17(10)16-12/h3-6,8-9H,7H2,1-2H3,(H2,14,15,18). The molecule has 1 atom stereocenters. The Labute approximate surface area is 111 Å². The van der Waals surface area contributed by atoms with Gasteiger partial charge in [-0.05, 0) is 30.3 Å². The molecule has 0 saturated carbocycles. The molecule has 3 heterocycles. The topological polar surface area (TPSA) is 41.4 Å². The van der Waals surface area contributed by atoms with Gasteiger partial charge < -0.3 is 10.6 Å². The SMILES string of the molecule is CC(C)c1nn2ccccc2c1C1CNC(=S)N1. The van der Waals surface area contributed by atoms with E-state index in [1.807, 2.05) is 22.8 Å². The van der Waals surface area contributed by atoms with Crippen molar-refractivity contribution in [2.45, 2.75) is 25.8 Å². The summed E-state index contributed by atoms with van der Waals surface area (Å²) in [6.07, 6.45) is 1.99. The second kappa shape index (κ2) is 4.24. The number of thiocarbonyl (C=S) groups is 1. The summed E-state index contributed by atoms with van der Waals surface area (Å²) in [6, 6.07) is 6.37. The van der Waals surface area contributed by atoms with Gasteiger partial charge in [-0.2, -0.15) is 5.10 Å². The summed E-state index contributed by atoms with van der Waals surface area (Å²) in [5.41, 5.74) is 3.56. The smallest absolute Gasteiger partial charge is 0.166 e. The molecule has 0 radical (unpaired) electrons. The summed E-state index contributed by atoms with van der Waals surface area (Å²) in [6.45, 7) is 5.17. The molecule has 1 aliphatic rings. The van der Waals surface area contributed by atoms with Gasteiger partial charge in [0.15, 0.2) is 5.11 Å². The predicted octanol–water partition coefficient (Wildman–Crippen LogP) is 1.98. The highest BCUT2D eigenvalue weighted by molar-refractivity contribution is 7.80. The highest BCUT2D eigenvalue weighted by Crippen LogP contribution is 2.29. The van der Waals surface area contributed by atoms with Crippen LogP contribution in [0.15, 0.2) is 24.4 Å². The molecule has 0 spiro atoms. The van der Waals surface area contributed by atoms with Crippen LogP contribution in [0, 0.1) is 0 Å². The summed E-state index contributed by atoms with van der Waals surface area (Å²) in [7, 11) is 0. The number of hydrogen-bond donors (Lipinski definition) is 2. The van der Waals surface area contributed by atoms with Gasteiger partial charge in [0.2, 0.25) is 0 Å². The first-order valence-electron chi connectivity index (χ1n) is 6.18. The molecule has 0 aromatic carbocycles. The number of fused-ring (bicyclic) bond motifs is 1. The first kappa shape index (κ1) is 11.5. The third-order valence-electron chi connectivity index (χ3n) is 3.27. The van der Waals surface area contributed by atoms with Crippen molar-refractivity contribution in [3.05, 3.63) is 35.7 Å². The van der Waals surface area contributed by atoms with E-state index in [1.54, 1.807) is 0 Å². The second-order valence-corrected chi connectivity index (χ2v) is 5.30. The first-order valence-corrected chi connectivity index (χ1v) is 6.59. The Kier molecular flexibility index (Phi) is 2.70. The van der Waals surface area contributed by atoms with E-state index in [-0.39, 0.29) is 6.04 Å². The lowest BCUT2D eigenvalue weighted by atomic mass is 9.99. The Balaban J connectivity index is 2.18. The molecule has 5 heteroatoms. The molecule has 1 saturated heterocycles. The molecule has 1 fully saturated rings. The van der Waals surface area contributed by atoms with E-state index in [1.165, 1.54) is 5.56 Å². The van der Waals surface area contributed by atoms with Crippen molar-refractivity contribution in [3.63, 3.8) is 0 Å². The zero-order chi connectivity index (χ0) is 12.7. The van der Waals surface area contributed by atoms with E-state index in [0.29, 0.717) is 5.92 Å². The van der Waals surface area contributed by atoms with Crippen molar-refractivity contribution >= 4 is 22.8 Å². The molecule has 18 heavy (non-hydrogen) atoms. The number of nitrogens with zero attached hydrogens (tertiary/aromatic N) is 2. The number of hydrogen-bond acceptors (Lipinski definition) is 2. The zero-order valence-electron chi connectivity index (χ0n) is 10.5. The van der Waals surface area contributed by atoms with Gasteiger partial charge in [0, 0.05) is 18.3 Å². The quantitative estimate of drug-likeness (QED) is 0.810. The van der Waals surface area contributed by atoms with Crippen LogP contribution < -0.4 is 10.6 Å². The zero-order valence-corrected chi connectivity index (χ0v) is 11.3. The van der Waals surface area contributed by atoms with Gasteiger partial charge in [0.1, 0.15) is 0 Å². The monoisotopic (exact) mass is 260 g/mol. The molecule has 4 nitrogen and oxygen atoms in total. The number of nitrogens with one attached hydrogen (secondary N) is 2. The van der Waals surface area contributed by atoms with Crippen molar-refractivity contribution < 1.29 is 0 Å². The normalized spacial score (nSPS) is 19.3. The van der Waals surface area contributed by atoms with Crippen LogP contribution in [0.2, 0.25) is 0 Å². The van der Waals surface area contributed by atoms with E-state index in [9.17, 15) is 0 Å². The summed E-state index contributed by atoms with van der Waals surface area (Å²) in [4.78, 5) is 0. The third-order valence-corrected chi connectivity index (χ3v) is 3.54. The van der Waals surface area contributed by atoms with Crippen LogP contribution in [0.25, 0.3) is 5.52 Å². The molecule has 0 aliphatic carbocycles. The van der Waals surface area contributed by atoms with Crippen molar-refractivity contribution in [2.24, 2.45) is 0 Å². The van der Waals surface area contributed by atoms with Crippen LogP contribution in [0.3, 0.4) is 0 Å². The van der Waals surface area contributed by atoms with Crippen LogP contribution in [0.1, 0.15) is 37.1 Å². The number of rotatable bonds is 2. The Morgan fingerprint density at radius 3 is 2.94 bits per heavy atom. The minimum atomic E-state index is 0.217. The maximum Gasteiger partial charge on any atom is 0.166 e. The summed E-state index contributed by atoms with van der Waals surface area (Å²) < 4.78 is 1.95. The minimum Gasteiger partial charge on any atom is -0.360 e. The molecule has 1 aliphatic heterocycles. The van der Waals surface area contributed by atoms with Crippen LogP contribution in [0.4, 0.5) is 0 Å². The average Bonchev–Trinajstić information content (AvgIpc) is 2.92. The fourth-order valence-electron chi connectivity index (χ4n) is 2.45. The number of pyridine rings is 1. The highest BCUT2D eigenvalue weighted by atomic mass is 32.1. The largest absolute Gasteiger partial charge is 0.360 e. The van der Waals surface area contributed by atoms with Crippen LogP contribution >= 0.6 is 12.2 Å². The minimum absolute atomic E-state index is 0.217. The molecule has 2 aromatic heterocycles. The predicted molar refractivity (Wildman–Crippen MR) is 75.8 cm³/mol. The third kappa shape index (κ3) is 1.75. The first-order chi connectivity index (χ1) is 8.66. The van der Waals surface area contributed by atoms with Crippen LogP contribution in [0.5, 0.6) is 0 Å². The number of aromatic nitrogens is 2. The molecule has 2 N–H and O–H groups in total. The van der Waals surface area contributed by atoms with Gasteiger partial charge in [-0.3, -0.25) is 0 Å². The van der Waals surface area contributed by atoms with Crippen molar-refractivity contribution in [1.29, 1.82) is 0 Å². The summed E-state index contributed by atoms with van der Waals surface area (Å²) in [5, 5.41) is 11.9. The molecule has 94 valence electrons. The lowest BCUT2D eigenvalue weighted by Crippen LogP contribution is -2.21. The van der Waals surface area contributed by atoms with Gasteiger partial charge in [0.05, 0.1) is 17.3 Å². The molecule has 1 unspecified atom stereocenters. The lowest BCUT2D eigenvalue weighted by Gasteiger charge is -2.12. The highest BCUT2D eigenvalue weighted by Gasteiger charge is 2.27. The van der Waals surface area contributed by atoms with Gasteiger partial charge in [-0.1, -0.05) is 19.9 Å². The Bertz CT molecular complexity index is 602. The lowest BCUT2D eigenvalue weighted by molar-refractivity contribution is 0.685. The maximum atomic E-state index is 5.15. The molecular formula is C13H16N4S. The van der Waals surface area contributed by atoms with E-state index < -0.39 is 0 Å².